The third-order valence-electron chi connectivity index (χ3n) is 3.64. The quantitative estimate of drug-likeness (QED) is 0.654. The van der Waals surface area contributed by atoms with Gasteiger partial charge in [0.15, 0.2) is 5.58 Å². The highest BCUT2D eigenvalue weighted by Crippen LogP contribution is 2.20. The molecule has 5 heteroatoms. The third-order valence-corrected chi connectivity index (χ3v) is 3.64. The average molecular weight is 298 g/mol. The Morgan fingerprint density at radius 1 is 1.27 bits per heavy atom. The summed E-state index contributed by atoms with van der Waals surface area (Å²) in [6.07, 6.45) is 2.90. The van der Waals surface area contributed by atoms with Crippen LogP contribution < -0.4 is 5.32 Å². The van der Waals surface area contributed by atoms with Gasteiger partial charge in [-0.15, -0.1) is 0 Å². The number of aromatic amines is 1. The standard InChI is InChI=1S/C17H18N2O3/c20-9-4-7-13(12-5-2-1-3-6-12)19-17(21)15-11-16-14(18-15)8-10-22-16/h1-3,5-6,8,10-11,13,18,20H,4,7,9H2,(H,19,21). The SMILES string of the molecule is O=C(NC(CCCO)c1ccccc1)c1cc2occc2[nH]1. The molecule has 0 saturated heterocycles. The van der Waals surface area contributed by atoms with Crippen molar-refractivity contribution in [2.24, 2.45) is 0 Å². The van der Waals surface area contributed by atoms with Crippen LogP contribution in [0.3, 0.4) is 0 Å². The molecule has 1 atom stereocenters. The zero-order valence-corrected chi connectivity index (χ0v) is 12.1. The van der Waals surface area contributed by atoms with Gasteiger partial charge in [0.25, 0.3) is 5.91 Å². The largest absolute Gasteiger partial charge is 0.463 e. The van der Waals surface area contributed by atoms with Crippen molar-refractivity contribution in [1.82, 2.24) is 10.3 Å². The molecule has 22 heavy (non-hydrogen) atoms. The summed E-state index contributed by atoms with van der Waals surface area (Å²) in [6, 6.07) is 13.1. The molecule has 0 aliphatic rings. The first-order chi connectivity index (χ1) is 10.8. The lowest BCUT2D eigenvalue weighted by Crippen LogP contribution is -2.29. The molecular formula is C17H18N2O3. The van der Waals surface area contributed by atoms with Gasteiger partial charge in [0, 0.05) is 18.7 Å². The minimum absolute atomic E-state index is 0.106. The lowest BCUT2D eigenvalue weighted by atomic mass is 10.0. The van der Waals surface area contributed by atoms with E-state index in [2.05, 4.69) is 10.3 Å². The van der Waals surface area contributed by atoms with Crippen LogP contribution in [0.15, 0.2) is 53.1 Å². The molecule has 0 spiro atoms. The van der Waals surface area contributed by atoms with Gasteiger partial charge in [-0.1, -0.05) is 30.3 Å². The topological polar surface area (TPSA) is 78.3 Å². The highest BCUT2D eigenvalue weighted by molar-refractivity contribution is 5.97. The number of hydrogen-bond donors (Lipinski definition) is 3. The Bertz CT molecular complexity index is 717. The molecule has 0 aliphatic carbocycles. The Morgan fingerprint density at radius 3 is 2.82 bits per heavy atom. The molecule has 5 nitrogen and oxygen atoms in total. The second kappa shape index (κ2) is 6.49. The molecule has 0 saturated carbocycles. The number of carbonyl (C=O) groups is 1. The highest BCUT2D eigenvalue weighted by Gasteiger charge is 2.17. The number of amides is 1. The molecule has 0 bridgehead atoms. The van der Waals surface area contributed by atoms with E-state index in [9.17, 15) is 4.79 Å². The number of benzene rings is 1. The second-order valence-electron chi connectivity index (χ2n) is 5.18. The lowest BCUT2D eigenvalue weighted by Gasteiger charge is -2.18. The van der Waals surface area contributed by atoms with E-state index in [-0.39, 0.29) is 18.6 Å². The van der Waals surface area contributed by atoms with Crippen LogP contribution in [0.5, 0.6) is 0 Å². The zero-order valence-electron chi connectivity index (χ0n) is 12.1. The maximum absolute atomic E-state index is 12.4. The van der Waals surface area contributed by atoms with E-state index < -0.39 is 0 Å². The molecule has 3 rings (SSSR count). The second-order valence-corrected chi connectivity index (χ2v) is 5.18. The normalized spacial score (nSPS) is 12.4. The fourth-order valence-electron chi connectivity index (χ4n) is 2.51. The summed E-state index contributed by atoms with van der Waals surface area (Å²) in [7, 11) is 0. The van der Waals surface area contributed by atoms with Crippen LogP contribution in [0, 0.1) is 0 Å². The third kappa shape index (κ3) is 3.04. The summed E-state index contributed by atoms with van der Waals surface area (Å²) >= 11 is 0. The smallest absolute Gasteiger partial charge is 0.268 e. The molecule has 114 valence electrons. The van der Waals surface area contributed by atoms with E-state index in [0.717, 1.165) is 11.1 Å². The molecule has 0 fully saturated rings. The van der Waals surface area contributed by atoms with Gasteiger partial charge in [0.05, 0.1) is 17.8 Å². The van der Waals surface area contributed by atoms with Crippen LogP contribution in [0.4, 0.5) is 0 Å². The van der Waals surface area contributed by atoms with Crippen LogP contribution in [0.25, 0.3) is 11.1 Å². The first-order valence-corrected chi connectivity index (χ1v) is 7.31. The molecule has 1 amide bonds. The number of aromatic nitrogens is 1. The number of carbonyl (C=O) groups excluding carboxylic acids is 1. The zero-order chi connectivity index (χ0) is 15.4. The minimum Gasteiger partial charge on any atom is -0.463 e. The van der Waals surface area contributed by atoms with Gasteiger partial charge >= 0.3 is 0 Å². The highest BCUT2D eigenvalue weighted by atomic mass is 16.3. The minimum atomic E-state index is -0.182. The molecular weight excluding hydrogens is 280 g/mol. The van der Waals surface area contributed by atoms with E-state index in [1.165, 1.54) is 0 Å². The van der Waals surface area contributed by atoms with Gasteiger partial charge < -0.3 is 19.8 Å². The number of aliphatic hydroxyl groups excluding tert-OH is 1. The molecule has 0 aliphatic heterocycles. The van der Waals surface area contributed by atoms with Crippen LogP contribution >= 0.6 is 0 Å². The fraction of sp³-hybridized carbons (Fsp3) is 0.235. The lowest BCUT2D eigenvalue weighted by molar-refractivity contribution is 0.0928. The molecule has 0 radical (unpaired) electrons. The van der Waals surface area contributed by atoms with Gasteiger partial charge in [-0.3, -0.25) is 4.79 Å². The van der Waals surface area contributed by atoms with Crippen molar-refractivity contribution >= 4 is 17.0 Å². The average Bonchev–Trinajstić information content (AvgIpc) is 3.13. The summed E-state index contributed by atoms with van der Waals surface area (Å²) < 4.78 is 5.26. The molecule has 1 unspecified atom stereocenters. The summed E-state index contributed by atoms with van der Waals surface area (Å²) in [5.41, 5.74) is 2.97. The molecule has 1 aromatic carbocycles. The van der Waals surface area contributed by atoms with Crippen LogP contribution in [0.1, 0.15) is 34.9 Å². The van der Waals surface area contributed by atoms with Gasteiger partial charge in [-0.25, -0.2) is 0 Å². The van der Waals surface area contributed by atoms with E-state index >= 15 is 0 Å². The summed E-state index contributed by atoms with van der Waals surface area (Å²) in [4.78, 5) is 15.4. The number of aliphatic hydroxyl groups is 1. The number of nitrogens with one attached hydrogen (secondary N) is 2. The van der Waals surface area contributed by atoms with Gasteiger partial charge in [0.2, 0.25) is 0 Å². The van der Waals surface area contributed by atoms with E-state index in [1.807, 2.05) is 30.3 Å². The first kappa shape index (κ1) is 14.4. The Balaban J connectivity index is 1.77. The van der Waals surface area contributed by atoms with Gasteiger partial charge in [-0.2, -0.15) is 0 Å². The maximum atomic E-state index is 12.4. The van der Waals surface area contributed by atoms with Crippen LogP contribution in [-0.4, -0.2) is 22.6 Å². The van der Waals surface area contributed by atoms with Crippen LogP contribution in [-0.2, 0) is 0 Å². The monoisotopic (exact) mass is 298 g/mol. The Morgan fingerprint density at radius 2 is 2.09 bits per heavy atom. The maximum Gasteiger partial charge on any atom is 0.268 e. The Kier molecular flexibility index (Phi) is 4.25. The van der Waals surface area contributed by atoms with Crippen molar-refractivity contribution in [3.05, 3.63) is 60.0 Å². The summed E-state index contributed by atoms with van der Waals surface area (Å²) in [5.74, 6) is -0.182. The van der Waals surface area contributed by atoms with Gasteiger partial charge in [0.1, 0.15) is 5.69 Å². The van der Waals surface area contributed by atoms with Crippen molar-refractivity contribution in [1.29, 1.82) is 0 Å². The van der Waals surface area contributed by atoms with Crippen molar-refractivity contribution in [3.63, 3.8) is 0 Å². The molecule has 2 aromatic heterocycles. The summed E-state index contributed by atoms with van der Waals surface area (Å²) in [6.45, 7) is 0.106. The Labute approximate surface area is 128 Å². The van der Waals surface area contributed by atoms with E-state index in [0.29, 0.717) is 24.1 Å². The predicted octanol–water partition coefficient (Wildman–Crippen LogP) is 3.00. The number of rotatable bonds is 6. The number of hydrogen-bond acceptors (Lipinski definition) is 3. The van der Waals surface area contributed by atoms with Crippen molar-refractivity contribution in [2.75, 3.05) is 6.61 Å². The van der Waals surface area contributed by atoms with Crippen molar-refractivity contribution in [2.45, 2.75) is 18.9 Å². The fourth-order valence-corrected chi connectivity index (χ4v) is 2.51. The molecule has 3 N–H and O–H groups in total. The number of H-pyrrole nitrogens is 1. The van der Waals surface area contributed by atoms with Gasteiger partial charge in [-0.05, 0) is 18.4 Å². The van der Waals surface area contributed by atoms with Crippen molar-refractivity contribution in [3.8, 4) is 0 Å². The first-order valence-electron chi connectivity index (χ1n) is 7.31. The number of fused-ring (bicyclic) bond motifs is 1. The number of furan rings is 1. The van der Waals surface area contributed by atoms with E-state index in [4.69, 9.17) is 9.52 Å². The van der Waals surface area contributed by atoms with Crippen molar-refractivity contribution < 1.29 is 14.3 Å². The molecule has 3 aromatic rings. The van der Waals surface area contributed by atoms with Crippen LogP contribution in [0.2, 0.25) is 0 Å². The summed E-state index contributed by atoms with van der Waals surface area (Å²) in [5, 5.41) is 12.1. The van der Waals surface area contributed by atoms with E-state index in [1.54, 1.807) is 18.4 Å². The Hall–Kier alpha value is -2.53. The molecule has 2 heterocycles. The predicted molar refractivity (Wildman–Crippen MR) is 83.5 cm³/mol.